The molecule has 0 spiro atoms. The van der Waals surface area contributed by atoms with E-state index >= 15 is 0 Å². The Labute approximate surface area is 199 Å². The van der Waals surface area contributed by atoms with Crippen LogP contribution in [0.25, 0.3) is 0 Å². The summed E-state index contributed by atoms with van der Waals surface area (Å²) in [6, 6.07) is 5.37. The molecule has 0 radical (unpaired) electrons. The number of nitro groups is 1. The summed E-state index contributed by atoms with van der Waals surface area (Å²) >= 11 is 0. The number of carbonyl (C=O) groups excluding carboxylic acids is 2. The maximum Gasteiger partial charge on any atom is 0.334 e. The second-order valence-electron chi connectivity index (χ2n) is 9.03. The summed E-state index contributed by atoms with van der Waals surface area (Å²) in [5.74, 6) is -2.43. The van der Waals surface area contributed by atoms with Gasteiger partial charge in [0.15, 0.2) is 17.1 Å². The molecule has 10 heteroatoms. The maximum absolute atomic E-state index is 13.6. The zero-order valence-corrected chi connectivity index (χ0v) is 19.7. The van der Waals surface area contributed by atoms with Crippen LogP contribution >= 0.6 is 0 Å². The summed E-state index contributed by atoms with van der Waals surface area (Å²) in [5.41, 5.74) is 0.898. The third kappa shape index (κ3) is 5.48. The highest BCUT2D eigenvalue weighted by atomic mass is 16.7. The van der Waals surface area contributed by atoms with Crippen LogP contribution in [0.1, 0.15) is 57.9 Å². The van der Waals surface area contributed by atoms with Gasteiger partial charge in [-0.1, -0.05) is 43.2 Å². The minimum atomic E-state index is -1.33. The molecule has 1 N–H and O–H groups in total. The Morgan fingerprint density at radius 2 is 1.91 bits per heavy atom. The number of carbonyl (C=O) groups is 3. The van der Waals surface area contributed by atoms with E-state index < -0.39 is 41.0 Å². The quantitative estimate of drug-likeness (QED) is 0.310. The molecular weight excluding hydrogens is 442 g/mol. The first-order chi connectivity index (χ1) is 16.3. The van der Waals surface area contributed by atoms with E-state index in [0.29, 0.717) is 24.3 Å². The number of hydrogen-bond donors (Lipinski definition) is 1. The molecule has 1 aromatic carbocycles. The number of nitrogens with zero attached hydrogens (tertiary/aromatic N) is 3. The molecule has 0 bridgehead atoms. The van der Waals surface area contributed by atoms with Crippen molar-refractivity contribution in [2.75, 3.05) is 6.61 Å². The molecule has 0 unspecified atom stereocenters. The van der Waals surface area contributed by atoms with Crippen molar-refractivity contribution < 1.29 is 29.3 Å². The van der Waals surface area contributed by atoms with Gasteiger partial charge in [0.2, 0.25) is 0 Å². The molecule has 1 aliphatic carbocycles. The first kappa shape index (κ1) is 25.5. The third-order valence-corrected chi connectivity index (χ3v) is 7.00. The van der Waals surface area contributed by atoms with Crippen molar-refractivity contribution in [3.63, 3.8) is 0 Å². The Balaban J connectivity index is 1.87. The minimum Gasteiger partial charge on any atom is -0.480 e. The van der Waals surface area contributed by atoms with Gasteiger partial charge in [0.25, 0.3) is 5.91 Å². The molecule has 1 amide bonds. The smallest absolute Gasteiger partial charge is 0.334 e. The molecule has 3 rings (SSSR count). The molecule has 1 saturated carbocycles. The van der Waals surface area contributed by atoms with E-state index in [4.69, 9.17) is 4.74 Å². The molecule has 5 atom stereocenters. The van der Waals surface area contributed by atoms with E-state index in [1.807, 2.05) is 30.3 Å². The van der Waals surface area contributed by atoms with Gasteiger partial charge in [0.05, 0.1) is 6.61 Å². The largest absolute Gasteiger partial charge is 0.480 e. The van der Waals surface area contributed by atoms with Crippen molar-refractivity contribution >= 4 is 17.8 Å². The van der Waals surface area contributed by atoms with Gasteiger partial charge in [-0.2, -0.15) is 0 Å². The number of amides is 1. The fourth-order valence-corrected chi connectivity index (χ4v) is 5.40. The average Bonchev–Trinajstić information content (AvgIpc) is 3.21. The Hall–Kier alpha value is -3.17. The predicted molar refractivity (Wildman–Crippen MR) is 122 cm³/mol. The van der Waals surface area contributed by atoms with E-state index in [2.05, 4.69) is 0 Å². The van der Waals surface area contributed by atoms with Crippen LogP contribution in [-0.4, -0.2) is 68.7 Å². The number of aliphatic carboxylic acids is 1. The van der Waals surface area contributed by atoms with E-state index in [1.54, 1.807) is 6.92 Å². The molecule has 10 nitrogen and oxygen atoms in total. The van der Waals surface area contributed by atoms with Gasteiger partial charge in [-0.05, 0) is 57.4 Å². The second kappa shape index (κ2) is 11.3. The standard InChI is InChI=1S/C24H33N3O7/c1-3-34-24(31)20(14-13-17-9-5-4-6-10-17)26(27(32)33)16(2)22(28)25-19-12-8-7-11-18(19)15-21(25)23(29)30/h4-6,9-10,16,18-21H,3,7-8,11-15H2,1-2H3,(H,29,30)/t16-,18+,19-,20-,21-/m0/s1. The maximum atomic E-state index is 13.6. The number of fused-ring (bicyclic) bond motifs is 1. The number of likely N-dealkylation sites (tertiary alicyclic amines) is 1. The minimum absolute atomic E-state index is 0.0471. The molecule has 1 saturated heterocycles. The SMILES string of the molecule is CCOC(=O)[C@H](CCc1ccccc1)N([C@@H](C)C(=O)N1[C@H](C(=O)O)C[C@H]2CCCC[C@@H]21)[N+](=O)[O-]. The molecule has 2 fully saturated rings. The van der Waals surface area contributed by atoms with E-state index in [0.717, 1.165) is 24.8 Å². The van der Waals surface area contributed by atoms with Gasteiger partial charge in [-0.25, -0.2) is 19.7 Å². The number of carboxylic acids is 1. The Kier molecular flexibility index (Phi) is 8.46. The number of hydrogen-bond acceptors (Lipinski definition) is 6. The summed E-state index contributed by atoms with van der Waals surface area (Å²) in [4.78, 5) is 51.8. The number of aryl methyl sites for hydroxylation is 1. The Morgan fingerprint density at radius 3 is 2.53 bits per heavy atom. The molecule has 1 heterocycles. The van der Waals surface area contributed by atoms with Gasteiger partial charge in [0.1, 0.15) is 6.04 Å². The summed E-state index contributed by atoms with van der Waals surface area (Å²) < 4.78 is 5.12. The molecule has 186 valence electrons. The van der Waals surface area contributed by atoms with E-state index in [9.17, 15) is 29.6 Å². The van der Waals surface area contributed by atoms with Crippen molar-refractivity contribution in [2.45, 2.75) is 83.0 Å². The number of benzene rings is 1. The molecule has 1 aliphatic heterocycles. The monoisotopic (exact) mass is 475 g/mol. The van der Waals surface area contributed by atoms with Crippen LogP contribution in [0.2, 0.25) is 0 Å². The number of carboxylic acid groups (broad SMARTS) is 1. The second-order valence-corrected chi connectivity index (χ2v) is 9.03. The Bertz CT molecular complexity index is 894. The fraction of sp³-hybridized carbons (Fsp3) is 0.625. The zero-order valence-electron chi connectivity index (χ0n) is 19.7. The van der Waals surface area contributed by atoms with Gasteiger partial charge in [-0.15, -0.1) is 5.01 Å². The lowest BCUT2D eigenvalue weighted by atomic mass is 9.84. The lowest BCUT2D eigenvalue weighted by molar-refractivity contribution is -0.666. The number of ether oxygens (including phenoxy) is 1. The average molecular weight is 476 g/mol. The summed E-state index contributed by atoms with van der Waals surface area (Å²) in [6.45, 7) is 3.03. The highest BCUT2D eigenvalue weighted by Gasteiger charge is 2.51. The number of hydrazine groups is 1. The van der Waals surface area contributed by atoms with Crippen molar-refractivity contribution in [2.24, 2.45) is 5.92 Å². The summed E-state index contributed by atoms with van der Waals surface area (Å²) in [7, 11) is 0. The van der Waals surface area contributed by atoms with Crippen molar-refractivity contribution in [3.05, 3.63) is 46.0 Å². The molecule has 2 aliphatic rings. The van der Waals surface area contributed by atoms with Crippen LogP contribution in [0.3, 0.4) is 0 Å². The molecule has 1 aromatic rings. The van der Waals surface area contributed by atoms with Crippen molar-refractivity contribution in [1.82, 2.24) is 9.91 Å². The first-order valence-electron chi connectivity index (χ1n) is 11.9. The van der Waals surface area contributed by atoms with Gasteiger partial charge < -0.3 is 14.7 Å². The highest BCUT2D eigenvalue weighted by Crippen LogP contribution is 2.40. The van der Waals surface area contributed by atoms with Gasteiger partial charge in [0, 0.05) is 6.04 Å². The molecule has 0 aromatic heterocycles. The van der Waals surface area contributed by atoms with Crippen LogP contribution in [0.4, 0.5) is 0 Å². The molecule has 34 heavy (non-hydrogen) atoms. The molecular formula is C24H33N3O7. The predicted octanol–water partition coefficient (Wildman–Crippen LogP) is 2.68. The third-order valence-electron chi connectivity index (χ3n) is 7.00. The van der Waals surface area contributed by atoms with Gasteiger partial charge >= 0.3 is 11.9 Å². The number of rotatable bonds is 10. The van der Waals surface area contributed by atoms with Crippen LogP contribution in [0.15, 0.2) is 30.3 Å². The van der Waals surface area contributed by atoms with Crippen LogP contribution in [0.5, 0.6) is 0 Å². The number of esters is 1. The van der Waals surface area contributed by atoms with E-state index in [1.165, 1.54) is 11.8 Å². The first-order valence-corrected chi connectivity index (χ1v) is 11.9. The van der Waals surface area contributed by atoms with Gasteiger partial charge in [-0.3, -0.25) is 4.79 Å². The van der Waals surface area contributed by atoms with Crippen molar-refractivity contribution in [1.29, 1.82) is 0 Å². The van der Waals surface area contributed by atoms with Crippen molar-refractivity contribution in [3.8, 4) is 0 Å². The lowest BCUT2D eigenvalue weighted by Crippen LogP contribution is -2.59. The lowest BCUT2D eigenvalue weighted by Gasteiger charge is -2.36. The summed E-state index contributed by atoms with van der Waals surface area (Å²) in [5, 5.41) is 21.8. The van der Waals surface area contributed by atoms with E-state index in [-0.39, 0.29) is 25.0 Å². The topological polar surface area (TPSA) is 130 Å². The highest BCUT2D eigenvalue weighted by molar-refractivity contribution is 5.88. The summed E-state index contributed by atoms with van der Waals surface area (Å²) in [6.07, 6.45) is 4.20. The fourth-order valence-electron chi connectivity index (χ4n) is 5.40. The normalized spacial score (nSPS) is 23.5. The van der Waals surface area contributed by atoms with Crippen LogP contribution in [-0.2, 0) is 25.5 Å². The van der Waals surface area contributed by atoms with Crippen LogP contribution in [0, 0.1) is 16.0 Å². The Morgan fingerprint density at radius 1 is 1.24 bits per heavy atom. The zero-order chi connectivity index (χ0) is 24.8. The van der Waals surface area contributed by atoms with Crippen LogP contribution < -0.4 is 0 Å².